The molecule has 0 amide bonds. The Morgan fingerprint density at radius 2 is 0.841 bits per heavy atom. The first-order valence-corrected chi connectivity index (χ1v) is 21.5. The van der Waals surface area contributed by atoms with Crippen molar-refractivity contribution >= 4 is 60.8 Å². The minimum Gasteiger partial charge on any atom is -0.456 e. The van der Waals surface area contributed by atoms with Crippen LogP contribution in [0.3, 0.4) is 0 Å². The summed E-state index contributed by atoms with van der Waals surface area (Å²) in [6.45, 7) is 0. The molecule has 12 rings (SSSR count). The highest BCUT2D eigenvalue weighted by Crippen LogP contribution is 2.42. The van der Waals surface area contributed by atoms with Gasteiger partial charge < -0.3 is 13.9 Å². The number of benzene rings is 10. The Kier molecular flexibility index (Phi) is 8.83. The number of furan rings is 1. The highest BCUT2D eigenvalue weighted by atomic mass is 16.3. The van der Waals surface area contributed by atoms with Crippen molar-refractivity contribution in [3.8, 4) is 50.2 Å². The highest BCUT2D eigenvalue weighted by Gasteiger charge is 2.17. The van der Waals surface area contributed by atoms with Crippen LogP contribution in [0, 0.1) is 0 Å². The Morgan fingerprint density at radius 1 is 0.286 bits per heavy atom. The van der Waals surface area contributed by atoms with Crippen molar-refractivity contribution < 1.29 is 4.42 Å². The zero-order chi connectivity index (χ0) is 41.7. The van der Waals surface area contributed by atoms with Crippen LogP contribution < -0.4 is 4.90 Å². The van der Waals surface area contributed by atoms with Gasteiger partial charge in [-0.25, -0.2) is 0 Å². The zero-order valence-electron chi connectivity index (χ0n) is 34.4. The Labute approximate surface area is 366 Å². The molecule has 0 bridgehead atoms. The van der Waals surface area contributed by atoms with Gasteiger partial charge in [-0.1, -0.05) is 152 Å². The van der Waals surface area contributed by atoms with Crippen LogP contribution in [0.25, 0.3) is 93.9 Å². The molecule has 0 aliphatic heterocycles. The molecular weight excluding hydrogens is 765 g/mol. The van der Waals surface area contributed by atoms with Crippen LogP contribution in [0.4, 0.5) is 17.1 Å². The number of hydrogen-bond donors (Lipinski definition) is 0. The smallest absolute Gasteiger partial charge is 0.136 e. The fourth-order valence-electron chi connectivity index (χ4n) is 9.38. The predicted octanol–water partition coefficient (Wildman–Crippen LogP) is 16.8. The summed E-state index contributed by atoms with van der Waals surface area (Å²) in [6.07, 6.45) is 0. The molecule has 63 heavy (non-hydrogen) atoms. The maximum absolute atomic E-state index is 6.44. The third-order valence-electron chi connectivity index (χ3n) is 12.4. The third-order valence-corrected chi connectivity index (χ3v) is 12.4. The maximum atomic E-state index is 6.44. The summed E-state index contributed by atoms with van der Waals surface area (Å²) in [5.74, 6) is 0. The summed E-state index contributed by atoms with van der Waals surface area (Å²) in [4.78, 5) is 2.31. The van der Waals surface area contributed by atoms with Crippen LogP contribution in [0.2, 0.25) is 0 Å². The van der Waals surface area contributed by atoms with E-state index in [0.717, 1.165) is 83.6 Å². The van der Waals surface area contributed by atoms with Gasteiger partial charge in [0.1, 0.15) is 11.2 Å². The van der Waals surface area contributed by atoms with Crippen LogP contribution in [0.15, 0.2) is 247 Å². The van der Waals surface area contributed by atoms with E-state index < -0.39 is 0 Å². The van der Waals surface area contributed by atoms with E-state index in [2.05, 4.69) is 240 Å². The van der Waals surface area contributed by atoms with Crippen molar-refractivity contribution in [3.63, 3.8) is 0 Å². The Bertz CT molecular complexity index is 3560. The summed E-state index contributed by atoms with van der Waals surface area (Å²) in [7, 11) is 0. The van der Waals surface area contributed by atoms with Crippen molar-refractivity contribution in [1.29, 1.82) is 0 Å². The molecule has 0 N–H and O–H groups in total. The second kappa shape index (κ2) is 15.3. The van der Waals surface area contributed by atoms with Crippen molar-refractivity contribution in [1.82, 2.24) is 4.57 Å². The zero-order valence-corrected chi connectivity index (χ0v) is 34.4. The number of para-hydroxylation sites is 5. The molecule has 0 unspecified atom stereocenters. The normalized spacial score (nSPS) is 11.5. The van der Waals surface area contributed by atoms with Crippen LogP contribution in [-0.2, 0) is 0 Å². The maximum Gasteiger partial charge on any atom is 0.136 e. The molecule has 0 spiro atoms. The lowest BCUT2D eigenvalue weighted by atomic mass is 9.90. The highest BCUT2D eigenvalue weighted by molar-refractivity contribution is 6.11. The Hall–Kier alpha value is -8.40. The lowest BCUT2D eigenvalue weighted by Crippen LogP contribution is -2.09. The summed E-state index contributed by atoms with van der Waals surface area (Å²) in [5.41, 5.74) is 17.9. The summed E-state index contributed by atoms with van der Waals surface area (Å²) < 4.78 is 8.81. The lowest BCUT2D eigenvalue weighted by Gasteiger charge is -2.26. The van der Waals surface area contributed by atoms with Crippen LogP contribution in [-0.4, -0.2) is 4.57 Å². The first-order chi connectivity index (χ1) is 31.2. The molecule has 3 nitrogen and oxygen atoms in total. The average Bonchev–Trinajstić information content (AvgIpc) is 3.90. The predicted molar refractivity (Wildman–Crippen MR) is 264 cm³/mol. The van der Waals surface area contributed by atoms with Gasteiger partial charge in [0.2, 0.25) is 0 Å². The monoisotopic (exact) mass is 804 g/mol. The van der Waals surface area contributed by atoms with Gasteiger partial charge in [0, 0.05) is 44.3 Å². The molecule has 10 aromatic carbocycles. The molecular formula is C60H40N2O. The van der Waals surface area contributed by atoms with E-state index in [1.807, 2.05) is 12.1 Å². The number of nitrogens with zero attached hydrogens (tertiary/aromatic N) is 2. The molecule has 2 aromatic heterocycles. The van der Waals surface area contributed by atoms with Crippen molar-refractivity contribution in [3.05, 3.63) is 243 Å². The quantitative estimate of drug-likeness (QED) is 0.153. The standard InChI is InChI=1S/C60H40N2O/c1-4-16-47(17-5-1)61(48-18-6-2-7-19-48)50-22-14-15-43(37-50)41-27-29-42(30-28-41)51-34-31-44(38-55(51)46-32-35-54-53-24-11-13-26-59(53)63-60(54)40-46)45-33-36-58-56(39-45)52-23-10-12-25-57(52)62(58)49-20-8-3-9-21-49/h1-40H. The molecule has 2 heterocycles. The largest absolute Gasteiger partial charge is 0.456 e. The first-order valence-electron chi connectivity index (χ1n) is 21.5. The molecule has 12 aromatic rings. The fraction of sp³-hybridized carbons (Fsp3) is 0. The number of anilines is 3. The van der Waals surface area contributed by atoms with Crippen LogP contribution in [0.1, 0.15) is 0 Å². The minimum atomic E-state index is 0.885. The van der Waals surface area contributed by atoms with Gasteiger partial charge in [0.05, 0.1) is 11.0 Å². The number of hydrogen-bond acceptors (Lipinski definition) is 2. The summed E-state index contributed by atoms with van der Waals surface area (Å²) >= 11 is 0. The van der Waals surface area contributed by atoms with E-state index in [0.29, 0.717) is 0 Å². The third kappa shape index (κ3) is 6.46. The van der Waals surface area contributed by atoms with E-state index in [4.69, 9.17) is 4.42 Å². The van der Waals surface area contributed by atoms with Gasteiger partial charge in [0.25, 0.3) is 0 Å². The average molecular weight is 805 g/mol. The molecule has 0 atom stereocenters. The van der Waals surface area contributed by atoms with E-state index in [1.54, 1.807) is 0 Å². The number of aromatic nitrogens is 1. The second-order valence-electron chi connectivity index (χ2n) is 16.1. The first kappa shape index (κ1) is 36.5. The van der Waals surface area contributed by atoms with Gasteiger partial charge in [0.15, 0.2) is 0 Å². The molecule has 296 valence electrons. The summed E-state index contributed by atoms with van der Waals surface area (Å²) in [6, 6.07) is 87.1. The summed E-state index contributed by atoms with van der Waals surface area (Å²) in [5, 5.41) is 4.73. The minimum absolute atomic E-state index is 0.885. The van der Waals surface area contributed by atoms with Gasteiger partial charge in [-0.2, -0.15) is 0 Å². The van der Waals surface area contributed by atoms with Gasteiger partial charge in [-0.3, -0.25) is 0 Å². The SMILES string of the molecule is c1ccc(N(c2ccccc2)c2cccc(-c3ccc(-c4ccc(-c5ccc6c(c5)c5ccccc5n6-c5ccccc5)cc4-c4ccc5c(c4)oc4ccccc45)cc3)c2)cc1. The van der Waals surface area contributed by atoms with Crippen molar-refractivity contribution in [2.24, 2.45) is 0 Å². The molecule has 0 fully saturated rings. The van der Waals surface area contributed by atoms with Gasteiger partial charge in [-0.15, -0.1) is 0 Å². The molecule has 0 saturated carbocycles. The van der Waals surface area contributed by atoms with Crippen LogP contribution in [0.5, 0.6) is 0 Å². The molecule has 0 aliphatic carbocycles. The van der Waals surface area contributed by atoms with Crippen molar-refractivity contribution in [2.45, 2.75) is 0 Å². The van der Waals surface area contributed by atoms with E-state index in [9.17, 15) is 0 Å². The van der Waals surface area contributed by atoms with E-state index >= 15 is 0 Å². The molecule has 0 aliphatic rings. The van der Waals surface area contributed by atoms with Gasteiger partial charge >= 0.3 is 0 Å². The van der Waals surface area contributed by atoms with E-state index in [1.165, 1.54) is 27.4 Å². The lowest BCUT2D eigenvalue weighted by molar-refractivity contribution is 0.669. The molecule has 0 saturated heterocycles. The van der Waals surface area contributed by atoms with Gasteiger partial charge in [-0.05, 0) is 136 Å². The van der Waals surface area contributed by atoms with Crippen LogP contribution >= 0.6 is 0 Å². The number of rotatable bonds is 8. The topological polar surface area (TPSA) is 21.3 Å². The number of fused-ring (bicyclic) bond motifs is 6. The Balaban J connectivity index is 0.965. The molecule has 3 heteroatoms. The fourth-order valence-corrected chi connectivity index (χ4v) is 9.38. The Morgan fingerprint density at radius 3 is 1.62 bits per heavy atom. The van der Waals surface area contributed by atoms with E-state index in [-0.39, 0.29) is 0 Å². The second-order valence-corrected chi connectivity index (χ2v) is 16.1. The van der Waals surface area contributed by atoms with Crippen molar-refractivity contribution in [2.75, 3.05) is 4.90 Å². The molecule has 0 radical (unpaired) electrons.